The van der Waals surface area contributed by atoms with E-state index in [2.05, 4.69) is 0 Å². The number of nitrogens with zero attached hydrogens (tertiary/aromatic N) is 3. The number of ether oxygens (including phenoxy) is 1. The summed E-state index contributed by atoms with van der Waals surface area (Å²) in [6, 6.07) is 8.82. The molecule has 184 valence electrons. The van der Waals surface area contributed by atoms with E-state index < -0.39 is 38.7 Å². The minimum atomic E-state index is -3.96. The smallest absolute Gasteiger partial charge is 0.269 e. The molecule has 0 aliphatic carbocycles. The molecule has 13 heteroatoms. The standard InChI is InChI=1S/C22H22N4O8S/c23-35(32,33)18-9-7-15(8-10-18)25-20(27)12-19(22(25)29)24(13-17-2-1-11-34-17)21(28)14-3-5-16(6-4-14)26(30)31/h3-10,17,19H,1-2,11-13H2,(H2,23,32,33). The second-order valence-electron chi connectivity index (χ2n) is 8.22. The first-order valence-electron chi connectivity index (χ1n) is 10.7. The summed E-state index contributed by atoms with van der Waals surface area (Å²) in [6.07, 6.45) is 0.881. The summed E-state index contributed by atoms with van der Waals surface area (Å²) in [5, 5.41) is 16.0. The van der Waals surface area contributed by atoms with E-state index in [0.717, 1.165) is 11.3 Å². The zero-order valence-electron chi connectivity index (χ0n) is 18.4. The van der Waals surface area contributed by atoms with Gasteiger partial charge in [0.15, 0.2) is 0 Å². The van der Waals surface area contributed by atoms with Crippen molar-refractivity contribution < 1.29 is 32.5 Å². The molecule has 2 fully saturated rings. The van der Waals surface area contributed by atoms with E-state index in [4.69, 9.17) is 9.88 Å². The highest BCUT2D eigenvalue weighted by Gasteiger charge is 2.45. The largest absolute Gasteiger partial charge is 0.376 e. The summed E-state index contributed by atoms with van der Waals surface area (Å²) in [5.41, 5.74) is 0.0908. The van der Waals surface area contributed by atoms with E-state index in [0.29, 0.717) is 13.0 Å². The summed E-state index contributed by atoms with van der Waals surface area (Å²) in [7, 11) is -3.96. The second kappa shape index (κ2) is 9.52. The Morgan fingerprint density at radius 2 is 1.80 bits per heavy atom. The van der Waals surface area contributed by atoms with Crippen LogP contribution in [-0.2, 0) is 24.3 Å². The Bertz CT molecular complexity index is 1270. The maximum Gasteiger partial charge on any atom is 0.269 e. The van der Waals surface area contributed by atoms with Crippen molar-refractivity contribution in [3.8, 4) is 0 Å². The van der Waals surface area contributed by atoms with E-state index in [1.54, 1.807) is 0 Å². The number of primary sulfonamides is 1. The predicted octanol–water partition coefficient (Wildman–Crippen LogP) is 1.20. The van der Waals surface area contributed by atoms with Crippen LogP contribution in [0.15, 0.2) is 53.4 Å². The number of hydrogen-bond acceptors (Lipinski definition) is 8. The van der Waals surface area contributed by atoms with Gasteiger partial charge in [0.1, 0.15) is 6.04 Å². The van der Waals surface area contributed by atoms with Gasteiger partial charge in [-0.05, 0) is 49.2 Å². The summed E-state index contributed by atoms with van der Waals surface area (Å²) >= 11 is 0. The van der Waals surface area contributed by atoms with E-state index in [1.165, 1.54) is 53.4 Å². The van der Waals surface area contributed by atoms with Crippen molar-refractivity contribution in [2.24, 2.45) is 5.14 Å². The van der Waals surface area contributed by atoms with Crippen LogP contribution in [0.5, 0.6) is 0 Å². The van der Waals surface area contributed by atoms with Gasteiger partial charge in [0, 0.05) is 30.8 Å². The number of hydrogen-bond donors (Lipinski definition) is 1. The van der Waals surface area contributed by atoms with Crippen LogP contribution in [-0.4, -0.2) is 61.3 Å². The average molecular weight is 503 g/mol. The van der Waals surface area contributed by atoms with Gasteiger partial charge in [0.25, 0.3) is 17.5 Å². The molecule has 3 amide bonds. The van der Waals surface area contributed by atoms with Gasteiger partial charge in [-0.1, -0.05) is 0 Å². The van der Waals surface area contributed by atoms with Crippen LogP contribution < -0.4 is 10.0 Å². The van der Waals surface area contributed by atoms with Gasteiger partial charge >= 0.3 is 0 Å². The lowest BCUT2D eigenvalue weighted by atomic mass is 10.1. The molecule has 0 spiro atoms. The molecule has 0 bridgehead atoms. The van der Waals surface area contributed by atoms with E-state index >= 15 is 0 Å². The number of nitro benzene ring substituents is 1. The zero-order valence-corrected chi connectivity index (χ0v) is 19.2. The minimum absolute atomic E-state index is 0.0672. The molecular weight excluding hydrogens is 480 g/mol. The first-order valence-corrected chi connectivity index (χ1v) is 12.3. The molecular formula is C22H22N4O8S. The fraction of sp³-hybridized carbons (Fsp3) is 0.318. The van der Waals surface area contributed by atoms with Gasteiger partial charge in [0.2, 0.25) is 15.9 Å². The fourth-order valence-electron chi connectivity index (χ4n) is 4.17. The number of carbonyl (C=O) groups is 3. The lowest BCUT2D eigenvalue weighted by Crippen LogP contribution is -2.48. The quantitative estimate of drug-likeness (QED) is 0.334. The molecule has 2 aromatic rings. The molecule has 0 aromatic heterocycles. The van der Waals surface area contributed by atoms with Crippen molar-refractivity contribution in [2.75, 3.05) is 18.1 Å². The Kier molecular flexibility index (Phi) is 6.65. The molecule has 2 aliphatic rings. The van der Waals surface area contributed by atoms with Crippen molar-refractivity contribution in [1.82, 2.24) is 4.90 Å². The monoisotopic (exact) mass is 502 g/mol. The van der Waals surface area contributed by atoms with Crippen LogP contribution in [0.2, 0.25) is 0 Å². The SMILES string of the molecule is NS(=O)(=O)c1ccc(N2C(=O)CC(N(CC3CCCO3)C(=O)c3ccc([N+](=O)[O-])cc3)C2=O)cc1. The van der Waals surface area contributed by atoms with Crippen LogP contribution in [0.25, 0.3) is 0 Å². The number of imide groups is 1. The Morgan fingerprint density at radius 1 is 1.14 bits per heavy atom. The zero-order chi connectivity index (χ0) is 25.3. The van der Waals surface area contributed by atoms with Gasteiger partial charge in [-0.25, -0.2) is 18.5 Å². The Hall–Kier alpha value is -3.68. The summed E-state index contributed by atoms with van der Waals surface area (Å²) in [6.45, 7) is 0.585. The van der Waals surface area contributed by atoms with Gasteiger partial charge in [0.05, 0.1) is 28.0 Å². The van der Waals surface area contributed by atoms with Crippen LogP contribution in [0.3, 0.4) is 0 Å². The number of rotatable bonds is 7. The second-order valence-corrected chi connectivity index (χ2v) is 9.78. The molecule has 0 saturated carbocycles. The Morgan fingerprint density at radius 3 is 2.34 bits per heavy atom. The molecule has 2 unspecified atom stereocenters. The van der Waals surface area contributed by atoms with E-state index in [-0.39, 0.29) is 40.9 Å². The molecule has 2 heterocycles. The van der Waals surface area contributed by atoms with Crippen molar-refractivity contribution >= 4 is 39.1 Å². The van der Waals surface area contributed by atoms with Crippen LogP contribution in [0.1, 0.15) is 29.6 Å². The van der Waals surface area contributed by atoms with Gasteiger partial charge in [-0.15, -0.1) is 0 Å². The third kappa shape index (κ3) is 5.06. The van der Waals surface area contributed by atoms with Gasteiger partial charge < -0.3 is 9.64 Å². The molecule has 4 rings (SSSR count). The average Bonchev–Trinajstić information content (AvgIpc) is 3.44. The highest BCUT2D eigenvalue weighted by Crippen LogP contribution is 2.29. The summed E-state index contributed by atoms with van der Waals surface area (Å²) in [5.74, 6) is -1.77. The Labute approximate surface area is 200 Å². The first-order chi connectivity index (χ1) is 16.6. The number of amides is 3. The predicted molar refractivity (Wildman–Crippen MR) is 122 cm³/mol. The van der Waals surface area contributed by atoms with Gasteiger partial charge in [-0.3, -0.25) is 24.5 Å². The topological polar surface area (TPSA) is 170 Å². The number of carbonyl (C=O) groups excluding carboxylic acids is 3. The number of nitro groups is 1. The van der Waals surface area contributed by atoms with Crippen LogP contribution in [0.4, 0.5) is 11.4 Å². The molecule has 2 N–H and O–H groups in total. The van der Waals surface area contributed by atoms with Crippen molar-refractivity contribution in [1.29, 1.82) is 0 Å². The van der Waals surface area contributed by atoms with E-state index in [1.807, 2.05) is 0 Å². The number of sulfonamides is 1. The molecule has 35 heavy (non-hydrogen) atoms. The number of non-ortho nitro benzene ring substituents is 1. The lowest BCUT2D eigenvalue weighted by molar-refractivity contribution is -0.384. The summed E-state index contributed by atoms with van der Waals surface area (Å²) in [4.78, 5) is 51.9. The third-order valence-corrected chi connectivity index (χ3v) is 6.86. The fourth-order valence-corrected chi connectivity index (χ4v) is 4.68. The maximum absolute atomic E-state index is 13.4. The minimum Gasteiger partial charge on any atom is -0.376 e. The number of nitrogens with two attached hydrogens (primary N) is 1. The molecule has 2 atom stereocenters. The summed E-state index contributed by atoms with van der Waals surface area (Å²) < 4.78 is 28.6. The maximum atomic E-state index is 13.4. The lowest BCUT2D eigenvalue weighted by Gasteiger charge is -2.30. The molecule has 12 nitrogen and oxygen atoms in total. The molecule has 2 aromatic carbocycles. The highest BCUT2D eigenvalue weighted by molar-refractivity contribution is 7.89. The number of benzene rings is 2. The van der Waals surface area contributed by atoms with E-state index in [9.17, 15) is 32.9 Å². The molecule has 2 aliphatic heterocycles. The first kappa shape index (κ1) is 24.4. The normalized spacial score (nSPS) is 20.3. The molecule has 2 saturated heterocycles. The van der Waals surface area contributed by atoms with Crippen LogP contribution in [0, 0.1) is 10.1 Å². The Balaban J connectivity index is 1.63. The van der Waals surface area contributed by atoms with Gasteiger partial charge in [-0.2, -0.15) is 0 Å². The van der Waals surface area contributed by atoms with Crippen LogP contribution >= 0.6 is 0 Å². The van der Waals surface area contributed by atoms with Crippen molar-refractivity contribution in [2.45, 2.75) is 36.3 Å². The van der Waals surface area contributed by atoms with Crippen molar-refractivity contribution in [3.63, 3.8) is 0 Å². The van der Waals surface area contributed by atoms with Crippen molar-refractivity contribution in [3.05, 3.63) is 64.2 Å². The highest BCUT2D eigenvalue weighted by atomic mass is 32.2. The molecule has 0 radical (unpaired) electrons. The third-order valence-electron chi connectivity index (χ3n) is 5.93. The number of anilines is 1.